The summed E-state index contributed by atoms with van der Waals surface area (Å²) < 4.78 is 6.93. The molecule has 3 rings (SSSR count). The van der Waals surface area contributed by atoms with Crippen molar-refractivity contribution in [3.8, 4) is 17.2 Å². The highest BCUT2D eigenvalue weighted by molar-refractivity contribution is 5.89. The summed E-state index contributed by atoms with van der Waals surface area (Å²) in [7, 11) is 1.33. The van der Waals surface area contributed by atoms with E-state index in [1.807, 2.05) is 26.0 Å². The molecule has 10 nitrogen and oxygen atoms in total. The van der Waals surface area contributed by atoms with Gasteiger partial charge in [0.2, 0.25) is 5.82 Å². The van der Waals surface area contributed by atoms with Gasteiger partial charge in [-0.1, -0.05) is 36.2 Å². The van der Waals surface area contributed by atoms with Crippen LogP contribution >= 0.6 is 0 Å². The molecule has 28 heavy (non-hydrogen) atoms. The van der Waals surface area contributed by atoms with E-state index in [1.165, 1.54) is 7.05 Å². The first kappa shape index (κ1) is 19.2. The Kier molecular flexibility index (Phi) is 5.48. The minimum Gasteiger partial charge on any atom is -0.348 e. The molecule has 0 aliphatic rings. The molecule has 1 aromatic carbocycles. The quantitative estimate of drug-likeness (QED) is 0.624. The van der Waals surface area contributed by atoms with Crippen molar-refractivity contribution in [2.24, 2.45) is 7.05 Å². The molecule has 0 atom stereocenters. The number of nitrogens with zero attached hydrogens (tertiary/aromatic N) is 5. The second kappa shape index (κ2) is 7.99. The van der Waals surface area contributed by atoms with Crippen molar-refractivity contribution in [2.75, 3.05) is 6.54 Å². The van der Waals surface area contributed by atoms with Gasteiger partial charge in [0.25, 0.3) is 5.56 Å². The van der Waals surface area contributed by atoms with Crippen LogP contribution in [-0.2, 0) is 7.05 Å². The van der Waals surface area contributed by atoms with Crippen LogP contribution in [0.25, 0.3) is 17.2 Å². The number of carbonyl (C=O) groups excluding carboxylic acids is 1. The lowest BCUT2D eigenvalue weighted by atomic mass is 10.2. The number of amides is 1. The lowest BCUT2D eigenvalue weighted by Crippen LogP contribution is -2.40. The van der Waals surface area contributed by atoms with Crippen LogP contribution in [-0.4, -0.2) is 36.9 Å². The number of aryl methyl sites for hydroxylation is 1. The van der Waals surface area contributed by atoms with E-state index in [1.54, 1.807) is 12.1 Å². The number of rotatable bonds is 6. The summed E-state index contributed by atoms with van der Waals surface area (Å²) in [5, 5.41) is 10.4. The number of hydrogen-bond donors (Lipinski definition) is 1. The van der Waals surface area contributed by atoms with Crippen LogP contribution in [0.1, 0.15) is 36.0 Å². The van der Waals surface area contributed by atoms with Gasteiger partial charge < -0.3 is 9.84 Å². The number of aromatic nitrogens is 5. The smallest absolute Gasteiger partial charge is 0.348 e. The van der Waals surface area contributed by atoms with Crippen LogP contribution in [0.2, 0.25) is 0 Å². The van der Waals surface area contributed by atoms with E-state index in [0.717, 1.165) is 27.7 Å². The number of carbonyl (C=O) groups is 1. The van der Waals surface area contributed by atoms with Crippen LogP contribution in [0, 0.1) is 6.92 Å². The molecule has 0 saturated carbocycles. The molecule has 0 aliphatic carbocycles. The minimum atomic E-state index is -0.688. The molecule has 0 saturated heterocycles. The standard InChI is InChI=1S/C18H20N6O4/c1-4-5-10-19-15(25)16-20-14(22-28-16)13-17(26)23(3)18(27)24(21-13)12-8-6-11(2)7-9-12/h6-9H,4-5,10H2,1-3H3,(H,19,25). The molecule has 0 aliphatic heterocycles. The van der Waals surface area contributed by atoms with Gasteiger partial charge in [0.1, 0.15) is 0 Å². The highest BCUT2D eigenvalue weighted by Gasteiger charge is 2.21. The summed E-state index contributed by atoms with van der Waals surface area (Å²) in [4.78, 5) is 40.9. The molecule has 3 aromatic rings. The Morgan fingerprint density at radius 2 is 1.93 bits per heavy atom. The van der Waals surface area contributed by atoms with Crippen molar-refractivity contribution >= 4 is 5.91 Å². The van der Waals surface area contributed by atoms with Crippen LogP contribution in [0.15, 0.2) is 38.4 Å². The summed E-state index contributed by atoms with van der Waals surface area (Å²) in [5.74, 6) is -0.971. The molecule has 2 heterocycles. The van der Waals surface area contributed by atoms with Gasteiger partial charge in [-0.2, -0.15) is 14.8 Å². The Morgan fingerprint density at radius 1 is 1.21 bits per heavy atom. The average molecular weight is 384 g/mol. The number of nitrogens with one attached hydrogen (secondary N) is 1. The number of benzene rings is 1. The topological polar surface area (TPSA) is 125 Å². The van der Waals surface area contributed by atoms with Gasteiger partial charge in [-0.3, -0.25) is 14.2 Å². The van der Waals surface area contributed by atoms with Gasteiger partial charge in [0.05, 0.1) is 5.69 Å². The molecule has 0 unspecified atom stereocenters. The third kappa shape index (κ3) is 3.75. The Morgan fingerprint density at radius 3 is 2.61 bits per heavy atom. The highest BCUT2D eigenvalue weighted by atomic mass is 16.5. The van der Waals surface area contributed by atoms with Gasteiger partial charge in [0.15, 0.2) is 5.69 Å². The third-order valence-electron chi connectivity index (χ3n) is 4.10. The van der Waals surface area contributed by atoms with E-state index in [4.69, 9.17) is 4.52 Å². The molecule has 1 N–H and O–H groups in total. The lowest BCUT2D eigenvalue weighted by Gasteiger charge is -2.08. The fraction of sp³-hybridized carbons (Fsp3) is 0.333. The molecule has 0 fully saturated rings. The molecule has 0 radical (unpaired) electrons. The zero-order chi connectivity index (χ0) is 20.3. The van der Waals surface area contributed by atoms with Gasteiger partial charge in [0, 0.05) is 13.6 Å². The summed E-state index contributed by atoms with van der Waals surface area (Å²) in [5.41, 5.74) is -0.00280. The van der Waals surface area contributed by atoms with E-state index < -0.39 is 17.2 Å². The molecule has 0 bridgehead atoms. The third-order valence-corrected chi connectivity index (χ3v) is 4.10. The van der Waals surface area contributed by atoms with Gasteiger partial charge in [-0.15, -0.1) is 0 Å². The number of hydrogen-bond acceptors (Lipinski definition) is 7. The second-order valence-corrected chi connectivity index (χ2v) is 6.28. The maximum Gasteiger partial charge on any atom is 0.351 e. The van der Waals surface area contributed by atoms with Crippen molar-refractivity contribution in [3.63, 3.8) is 0 Å². The fourth-order valence-electron chi connectivity index (χ4n) is 2.43. The second-order valence-electron chi connectivity index (χ2n) is 6.28. The molecular weight excluding hydrogens is 364 g/mol. The van der Waals surface area contributed by atoms with Crippen LogP contribution in [0.4, 0.5) is 0 Å². The predicted octanol–water partition coefficient (Wildman–Crippen LogP) is 0.820. The average Bonchev–Trinajstić information content (AvgIpc) is 3.17. The van der Waals surface area contributed by atoms with Crippen LogP contribution in [0.5, 0.6) is 0 Å². The Bertz CT molecular complexity index is 1110. The van der Waals surface area contributed by atoms with Crippen molar-refractivity contribution in [1.82, 2.24) is 29.8 Å². The zero-order valence-electron chi connectivity index (χ0n) is 15.8. The maximum atomic E-state index is 12.5. The van der Waals surface area contributed by atoms with Crippen molar-refractivity contribution in [1.29, 1.82) is 0 Å². The predicted molar refractivity (Wildman–Crippen MR) is 100 cm³/mol. The monoisotopic (exact) mass is 384 g/mol. The summed E-state index contributed by atoms with van der Waals surface area (Å²) in [6.07, 6.45) is 1.74. The SMILES string of the molecule is CCCCNC(=O)c1nc(-c2nn(-c3ccc(C)cc3)c(=O)n(C)c2=O)no1. The number of unbranched alkanes of at least 4 members (excludes halogenated alkanes) is 1. The Labute approximate surface area is 159 Å². The van der Waals surface area contributed by atoms with Crippen LogP contribution < -0.4 is 16.6 Å². The van der Waals surface area contributed by atoms with Gasteiger partial charge >= 0.3 is 17.5 Å². The van der Waals surface area contributed by atoms with E-state index in [2.05, 4.69) is 20.6 Å². The Hall–Kier alpha value is -3.56. The van der Waals surface area contributed by atoms with E-state index in [-0.39, 0.29) is 17.4 Å². The summed E-state index contributed by atoms with van der Waals surface area (Å²) in [6, 6.07) is 7.06. The maximum absolute atomic E-state index is 12.5. The van der Waals surface area contributed by atoms with Gasteiger partial charge in [-0.25, -0.2) is 4.79 Å². The van der Waals surface area contributed by atoms with E-state index in [0.29, 0.717) is 12.2 Å². The fourth-order valence-corrected chi connectivity index (χ4v) is 2.43. The first-order valence-corrected chi connectivity index (χ1v) is 8.82. The van der Waals surface area contributed by atoms with Crippen molar-refractivity contribution in [3.05, 3.63) is 56.6 Å². The molecular formula is C18H20N6O4. The molecule has 1 amide bonds. The Balaban J connectivity index is 2.01. The van der Waals surface area contributed by atoms with Crippen LogP contribution in [0.3, 0.4) is 0 Å². The van der Waals surface area contributed by atoms with Crippen molar-refractivity contribution < 1.29 is 9.32 Å². The van der Waals surface area contributed by atoms with Gasteiger partial charge in [-0.05, 0) is 25.5 Å². The lowest BCUT2D eigenvalue weighted by molar-refractivity contribution is 0.0909. The van der Waals surface area contributed by atoms with E-state index >= 15 is 0 Å². The normalized spacial score (nSPS) is 10.8. The highest BCUT2D eigenvalue weighted by Crippen LogP contribution is 2.10. The summed E-state index contributed by atoms with van der Waals surface area (Å²) in [6.45, 7) is 4.39. The largest absolute Gasteiger partial charge is 0.351 e. The molecule has 0 spiro atoms. The molecule has 2 aromatic heterocycles. The van der Waals surface area contributed by atoms with Crippen molar-refractivity contribution in [2.45, 2.75) is 26.7 Å². The minimum absolute atomic E-state index is 0.165. The first-order chi connectivity index (χ1) is 13.4. The summed E-state index contributed by atoms with van der Waals surface area (Å²) >= 11 is 0. The molecule has 10 heteroatoms. The molecule has 146 valence electrons. The zero-order valence-corrected chi connectivity index (χ0v) is 15.8. The van der Waals surface area contributed by atoms with E-state index in [9.17, 15) is 14.4 Å². The first-order valence-electron chi connectivity index (χ1n) is 8.82.